The maximum Gasteiger partial charge on any atom is 0.397 e. The molecule has 82 valence electrons. The fourth-order valence-electron chi connectivity index (χ4n) is 0.895. The second-order valence-electron chi connectivity index (χ2n) is 2.83. The zero-order valence-corrected chi connectivity index (χ0v) is 7.80. The zero-order chi connectivity index (χ0) is 11.5. The monoisotopic (exact) mass is 219 g/mol. The van der Waals surface area contributed by atoms with Crippen LogP contribution in [-0.2, 0) is 4.79 Å². The summed E-state index contributed by atoms with van der Waals surface area (Å²) in [6.07, 6.45) is -4.67. The smallest absolute Gasteiger partial charge is 0.310 e. The zero-order valence-electron chi connectivity index (χ0n) is 7.80. The van der Waals surface area contributed by atoms with Crippen LogP contribution < -0.4 is 5.32 Å². The van der Waals surface area contributed by atoms with Crippen LogP contribution in [0.25, 0.3) is 0 Å². The van der Waals surface area contributed by atoms with E-state index >= 15 is 0 Å². The van der Waals surface area contributed by atoms with E-state index in [2.05, 4.69) is 9.97 Å². The number of anilines is 1. The highest BCUT2D eigenvalue weighted by atomic mass is 19.4. The summed E-state index contributed by atoms with van der Waals surface area (Å²) in [5.41, 5.74) is 0. The van der Waals surface area contributed by atoms with E-state index in [1.165, 1.54) is 12.3 Å². The Kier molecular flexibility index (Phi) is 3.23. The topological polar surface area (TPSA) is 54.9 Å². The first-order valence-electron chi connectivity index (χ1n) is 4.03. The number of aryl methyl sites for hydroxylation is 1. The van der Waals surface area contributed by atoms with Crippen molar-refractivity contribution in [3.8, 4) is 0 Å². The number of halogens is 3. The largest absolute Gasteiger partial charge is 0.397 e. The molecule has 0 spiro atoms. The maximum atomic E-state index is 11.8. The second kappa shape index (κ2) is 4.24. The van der Waals surface area contributed by atoms with E-state index in [0.717, 1.165) is 0 Å². The molecular formula is C8H8F3N3O. The Morgan fingerprint density at radius 3 is 2.73 bits per heavy atom. The number of carbonyl (C=O) groups excluding carboxylic acids is 1. The molecule has 15 heavy (non-hydrogen) atoms. The molecule has 0 bridgehead atoms. The van der Waals surface area contributed by atoms with Crippen molar-refractivity contribution in [3.05, 3.63) is 18.1 Å². The molecule has 0 atom stereocenters. The van der Waals surface area contributed by atoms with E-state index in [1.54, 1.807) is 6.92 Å². The Morgan fingerprint density at radius 2 is 2.20 bits per heavy atom. The summed E-state index contributed by atoms with van der Waals surface area (Å²) in [5, 5.41) is 2.03. The number of rotatable bonds is 2. The highest BCUT2D eigenvalue weighted by Crippen LogP contribution is 2.19. The van der Waals surface area contributed by atoms with E-state index in [-0.39, 0.29) is 5.82 Å². The molecule has 0 radical (unpaired) electrons. The van der Waals surface area contributed by atoms with Crippen molar-refractivity contribution in [2.24, 2.45) is 0 Å². The van der Waals surface area contributed by atoms with Gasteiger partial charge in [0.25, 0.3) is 0 Å². The van der Waals surface area contributed by atoms with Gasteiger partial charge >= 0.3 is 6.18 Å². The number of nitrogens with one attached hydrogen (secondary N) is 1. The minimum Gasteiger partial charge on any atom is -0.310 e. The number of nitrogens with zero attached hydrogens (tertiary/aromatic N) is 2. The Balaban J connectivity index is 2.59. The Hall–Kier alpha value is -1.66. The lowest BCUT2D eigenvalue weighted by Gasteiger charge is -2.06. The molecule has 0 unspecified atom stereocenters. The highest BCUT2D eigenvalue weighted by molar-refractivity contribution is 5.90. The summed E-state index contributed by atoms with van der Waals surface area (Å²) in [6, 6.07) is 1.32. The van der Waals surface area contributed by atoms with Gasteiger partial charge in [0.2, 0.25) is 5.91 Å². The molecule has 4 nitrogen and oxygen atoms in total. The van der Waals surface area contributed by atoms with Gasteiger partial charge < -0.3 is 5.32 Å². The molecule has 1 aromatic heterocycles. The lowest BCUT2D eigenvalue weighted by Crippen LogP contribution is -2.21. The van der Waals surface area contributed by atoms with Crippen molar-refractivity contribution in [2.45, 2.75) is 19.5 Å². The van der Waals surface area contributed by atoms with Crippen LogP contribution in [0.1, 0.15) is 12.2 Å². The lowest BCUT2D eigenvalue weighted by molar-refractivity contribution is -0.150. The predicted octanol–water partition coefficient (Wildman–Crippen LogP) is 1.68. The van der Waals surface area contributed by atoms with Gasteiger partial charge in [-0.2, -0.15) is 13.2 Å². The summed E-state index contributed by atoms with van der Waals surface area (Å²) in [6.45, 7) is 1.57. The van der Waals surface area contributed by atoms with E-state index in [4.69, 9.17) is 0 Å². The molecule has 1 amide bonds. The number of aromatic nitrogens is 2. The summed E-state index contributed by atoms with van der Waals surface area (Å²) < 4.78 is 35.4. The molecule has 1 heterocycles. The van der Waals surface area contributed by atoms with Crippen molar-refractivity contribution in [1.29, 1.82) is 0 Å². The predicted molar refractivity (Wildman–Crippen MR) is 46.1 cm³/mol. The average Bonchev–Trinajstić information content (AvgIpc) is 1.99. The first-order chi connectivity index (χ1) is 6.87. The van der Waals surface area contributed by atoms with Gasteiger partial charge in [0.05, 0.1) is 0 Å². The van der Waals surface area contributed by atoms with Crippen LogP contribution in [0.5, 0.6) is 0 Å². The van der Waals surface area contributed by atoms with E-state index in [1.807, 2.05) is 5.32 Å². The van der Waals surface area contributed by atoms with E-state index < -0.39 is 18.5 Å². The third-order valence-electron chi connectivity index (χ3n) is 1.40. The molecule has 1 rings (SSSR count). The minimum absolute atomic E-state index is 0.0664. The van der Waals surface area contributed by atoms with E-state index in [9.17, 15) is 18.0 Å². The molecule has 0 aliphatic carbocycles. The van der Waals surface area contributed by atoms with Crippen LogP contribution >= 0.6 is 0 Å². The van der Waals surface area contributed by atoms with Crippen LogP contribution in [0.4, 0.5) is 19.0 Å². The Morgan fingerprint density at radius 1 is 1.53 bits per heavy atom. The van der Waals surface area contributed by atoms with Gasteiger partial charge in [-0.1, -0.05) is 0 Å². The molecule has 0 aliphatic rings. The fourth-order valence-corrected chi connectivity index (χ4v) is 0.895. The molecule has 0 saturated carbocycles. The summed E-state index contributed by atoms with van der Waals surface area (Å²) in [5.74, 6) is -0.697. The third kappa shape index (κ3) is 4.39. The van der Waals surface area contributed by atoms with Crippen molar-refractivity contribution < 1.29 is 18.0 Å². The quantitative estimate of drug-likeness (QED) is 0.823. The van der Waals surface area contributed by atoms with Gasteiger partial charge in [-0.15, -0.1) is 0 Å². The first kappa shape index (κ1) is 11.4. The number of amides is 1. The average molecular weight is 219 g/mol. The van der Waals surface area contributed by atoms with Crippen LogP contribution in [0.15, 0.2) is 12.3 Å². The summed E-state index contributed by atoms with van der Waals surface area (Å²) in [4.78, 5) is 18.3. The number of carbonyl (C=O) groups is 1. The third-order valence-corrected chi connectivity index (χ3v) is 1.40. The molecule has 1 aromatic rings. The molecule has 7 heteroatoms. The van der Waals surface area contributed by atoms with Crippen molar-refractivity contribution in [1.82, 2.24) is 9.97 Å². The van der Waals surface area contributed by atoms with Crippen molar-refractivity contribution in [2.75, 3.05) is 5.32 Å². The van der Waals surface area contributed by atoms with Gasteiger partial charge in [0, 0.05) is 6.20 Å². The number of alkyl halides is 3. The number of hydrogen-bond acceptors (Lipinski definition) is 3. The summed E-state index contributed by atoms with van der Waals surface area (Å²) >= 11 is 0. The molecule has 0 aliphatic heterocycles. The Bertz CT molecular complexity index is 364. The lowest BCUT2D eigenvalue weighted by atomic mass is 10.4. The highest BCUT2D eigenvalue weighted by Gasteiger charge is 2.31. The van der Waals surface area contributed by atoms with Gasteiger partial charge in [-0.05, 0) is 13.0 Å². The van der Waals surface area contributed by atoms with Gasteiger partial charge in [-0.3, -0.25) is 4.79 Å². The molecule has 0 saturated heterocycles. The second-order valence-corrected chi connectivity index (χ2v) is 2.83. The van der Waals surface area contributed by atoms with Gasteiger partial charge in [-0.25, -0.2) is 9.97 Å². The van der Waals surface area contributed by atoms with Crippen LogP contribution in [-0.4, -0.2) is 22.1 Å². The van der Waals surface area contributed by atoms with Gasteiger partial charge in [0.15, 0.2) is 0 Å². The SMILES string of the molecule is Cc1nccc(NC(=O)CC(F)(F)F)n1. The maximum absolute atomic E-state index is 11.8. The molecule has 0 aromatic carbocycles. The van der Waals surface area contributed by atoms with Gasteiger partial charge in [0.1, 0.15) is 18.1 Å². The summed E-state index contributed by atoms with van der Waals surface area (Å²) in [7, 11) is 0. The molecular weight excluding hydrogens is 211 g/mol. The number of hydrogen-bond donors (Lipinski definition) is 1. The molecule has 1 N–H and O–H groups in total. The van der Waals surface area contributed by atoms with Crippen molar-refractivity contribution >= 4 is 11.7 Å². The van der Waals surface area contributed by atoms with Crippen LogP contribution in [0, 0.1) is 6.92 Å². The van der Waals surface area contributed by atoms with Crippen LogP contribution in [0.3, 0.4) is 0 Å². The standard InChI is InChI=1S/C8H8F3N3O/c1-5-12-3-2-6(13-5)14-7(15)4-8(9,10)11/h2-3H,4H2,1H3,(H,12,13,14,15). The molecule has 0 fully saturated rings. The van der Waals surface area contributed by atoms with Crippen molar-refractivity contribution in [3.63, 3.8) is 0 Å². The Labute approximate surface area is 83.5 Å². The minimum atomic E-state index is -4.51. The first-order valence-corrected chi connectivity index (χ1v) is 4.03. The fraction of sp³-hybridized carbons (Fsp3) is 0.375. The van der Waals surface area contributed by atoms with E-state index in [0.29, 0.717) is 5.82 Å². The van der Waals surface area contributed by atoms with Crippen LogP contribution in [0.2, 0.25) is 0 Å². The normalized spacial score (nSPS) is 11.2.